The predicted molar refractivity (Wildman–Crippen MR) is 103 cm³/mol. The van der Waals surface area contributed by atoms with Crippen molar-refractivity contribution in [1.82, 2.24) is 19.5 Å². The zero-order valence-corrected chi connectivity index (χ0v) is 16.1. The number of aromatic nitrogens is 4. The molecule has 0 amide bonds. The Morgan fingerprint density at radius 1 is 1.32 bits per heavy atom. The van der Waals surface area contributed by atoms with Crippen LogP contribution < -0.4 is 10.1 Å². The molecule has 0 saturated carbocycles. The van der Waals surface area contributed by atoms with E-state index in [2.05, 4.69) is 56.7 Å². The van der Waals surface area contributed by atoms with Gasteiger partial charge in [-0.05, 0) is 38.0 Å². The van der Waals surface area contributed by atoms with Gasteiger partial charge < -0.3 is 15.2 Å². The van der Waals surface area contributed by atoms with Crippen molar-refractivity contribution >= 4 is 39.6 Å². The molecule has 0 radical (unpaired) electrons. The number of hydrogen-bond donors (Lipinski definition) is 2. The molecule has 3 aromatic rings. The smallest absolute Gasteiger partial charge is 0.299 e. The summed E-state index contributed by atoms with van der Waals surface area (Å²) < 4.78 is 8.40. The predicted octanol–water partition coefficient (Wildman–Crippen LogP) is 2.92. The van der Waals surface area contributed by atoms with Gasteiger partial charge in [0.2, 0.25) is 0 Å². The Morgan fingerprint density at radius 2 is 2.16 bits per heavy atom. The van der Waals surface area contributed by atoms with Gasteiger partial charge in [-0.2, -0.15) is 4.98 Å². The van der Waals surface area contributed by atoms with E-state index in [-0.39, 0.29) is 11.3 Å². The lowest BCUT2D eigenvalue weighted by molar-refractivity contribution is 0.268. The Labute approximate surface area is 158 Å². The number of hydrogen-bond acceptors (Lipinski definition) is 6. The first-order valence-corrected chi connectivity index (χ1v) is 9.13. The molecule has 1 aliphatic heterocycles. The summed E-state index contributed by atoms with van der Waals surface area (Å²) in [5.41, 5.74) is 2.39. The molecule has 25 heavy (non-hydrogen) atoms. The van der Waals surface area contributed by atoms with Gasteiger partial charge in [0.1, 0.15) is 12.4 Å². The van der Waals surface area contributed by atoms with Crippen molar-refractivity contribution in [2.45, 2.75) is 25.8 Å². The van der Waals surface area contributed by atoms with Gasteiger partial charge in [0.05, 0.1) is 5.54 Å². The van der Waals surface area contributed by atoms with Crippen molar-refractivity contribution in [2.24, 2.45) is 0 Å². The number of nitrogens with zero attached hydrogens (tertiary/aromatic N) is 4. The molecular weight excluding hydrogens is 433 g/mol. The van der Waals surface area contributed by atoms with Gasteiger partial charge >= 0.3 is 0 Å². The summed E-state index contributed by atoms with van der Waals surface area (Å²) in [6, 6.07) is 7.86. The molecule has 0 bridgehead atoms. The molecule has 0 fully saturated rings. The van der Waals surface area contributed by atoms with Crippen LogP contribution in [0.15, 0.2) is 24.3 Å². The van der Waals surface area contributed by atoms with Crippen molar-refractivity contribution < 1.29 is 9.84 Å². The van der Waals surface area contributed by atoms with Crippen LogP contribution in [0.2, 0.25) is 0 Å². The number of rotatable bonds is 4. The third-order valence-electron chi connectivity index (χ3n) is 4.23. The normalized spacial score (nSPS) is 15.2. The maximum atomic E-state index is 9.55. The molecule has 2 N–H and O–H groups in total. The molecule has 0 atom stereocenters. The molecule has 2 aromatic heterocycles. The van der Waals surface area contributed by atoms with E-state index in [1.54, 1.807) is 12.1 Å². The third kappa shape index (κ3) is 2.99. The van der Waals surface area contributed by atoms with E-state index >= 15 is 0 Å². The molecule has 1 aliphatic rings. The molecule has 1 aromatic carbocycles. The van der Waals surface area contributed by atoms with Crippen LogP contribution in [0.4, 0.5) is 5.82 Å². The van der Waals surface area contributed by atoms with Gasteiger partial charge in [-0.3, -0.25) is 4.57 Å². The largest absolute Gasteiger partial charge is 0.508 e. The second-order valence-corrected chi connectivity index (χ2v) is 7.66. The summed E-state index contributed by atoms with van der Waals surface area (Å²) in [6.07, 6.45) is 0.770. The second-order valence-electron chi connectivity index (χ2n) is 6.69. The molecule has 7 nitrogen and oxygen atoms in total. The van der Waals surface area contributed by atoms with Crippen molar-refractivity contribution in [2.75, 3.05) is 18.5 Å². The lowest BCUT2D eigenvalue weighted by Crippen LogP contribution is -2.26. The van der Waals surface area contributed by atoms with Gasteiger partial charge in [-0.1, -0.05) is 12.1 Å². The van der Waals surface area contributed by atoms with E-state index in [9.17, 15) is 5.11 Å². The molecule has 0 spiro atoms. The Balaban J connectivity index is 1.62. The van der Waals surface area contributed by atoms with Crippen molar-refractivity contribution in [3.05, 3.63) is 33.7 Å². The maximum Gasteiger partial charge on any atom is 0.299 e. The number of benzene rings is 1. The number of phenolic OH excluding ortho intramolecular Hbond substituents is 1. The van der Waals surface area contributed by atoms with E-state index in [1.165, 1.54) is 0 Å². The van der Waals surface area contributed by atoms with E-state index in [0.29, 0.717) is 28.8 Å². The quantitative estimate of drug-likeness (QED) is 0.469. The fourth-order valence-electron chi connectivity index (χ4n) is 3.02. The Bertz CT molecular complexity index is 954. The molecule has 0 saturated heterocycles. The zero-order chi connectivity index (χ0) is 17.6. The van der Waals surface area contributed by atoms with Crippen molar-refractivity contribution in [3.63, 3.8) is 0 Å². The number of aromatic hydroxyl groups is 1. The van der Waals surface area contributed by atoms with Crippen molar-refractivity contribution in [1.29, 1.82) is 0 Å². The monoisotopic (exact) mass is 451 g/mol. The lowest BCUT2D eigenvalue weighted by atomic mass is 10.1. The number of ether oxygens (including phenoxy) is 1. The summed E-state index contributed by atoms with van der Waals surface area (Å²) >= 11 is 2.12. The molecular formula is C17H18IN5O2. The van der Waals surface area contributed by atoms with Crippen LogP contribution in [0.25, 0.3) is 11.2 Å². The van der Waals surface area contributed by atoms with Gasteiger partial charge in [0.15, 0.2) is 20.8 Å². The minimum atomic E-state index is -0.180. The molecule has 130 valence electrons. The highest BCUT2D eigenvalue weighted by Gasteiger charge is 2.35. The summed E-state index contributed by atoms with van der Waals surface area (Å²) in [5, 5.41) is 12.9. The standard InChI is InChI=1S/C17H18IN5O2/c1-17(2)9-25-16-20-12-13(21-15(18)22-14(12)23(16)17)19-7-6-10-4-3-5-11(24)8-10/h3-5,8,24H,6-7,9H2,1-2H3,(H,19,21,22). The highest BCUT2D eigenvalue weighted by atomic mass is 127. The van der Waals surface area contributed by atoms with E-state index in [0.717, 1.165) is 23.1 Å². The highest BCUT2D eigenvalue weighted by Crippen LogP contribution is 2.36. The molecule has 0 aliphatic carbocycles. The maximum absolute atomic E-state index is 9.55. The number of anilines is 1. The number of fused-ring (bicyclic) bond motifs is 3. The zero-order valence-electron chi connectivity index (χ0n) is 14.0. The van der Waals surface area contributed by atoms with Crippen molar-refractivity contribution in [3.8, 4) is 11.8 Å². The second kappa shape index (κ2) is 6.01. The average molecular weight is 451 g/mol. The highest BCUT2D eigenvalue weighted by molar-refractivity contribution is 14.1. The lowest BCUT2D eigenvalue weighted by Gasteiger charge is -2.18. The number of imidazole rings is 1. The Kier molecular flexibility index (Phi) is 3.94. The first-order valence-electron chi connectivity index (χ1n) is 8.05. The van der Waals surface area contributed by atoms with Crippen LogP contribution in [-0.2, 0) is 12.0 Å². The molecule has 3 heterocycles. The van der Waals surface area contributed by atoms with Gasteiger partial charge in [-0.25, -0.2) is 9.97 Å². The minimum Gasteiger partial charge on any atom is -0.508 e. The number of phenols is 1. The first kappa shape index (κ1) is 16.4. The summed E-state index contributed by atoms with van der Waals surface area (Å²) in [7, 11) is 0. The third-order valence-corrected chi connectivity index (χ3v) is 4.71. The fourth-order valence-corrected chi connectivity index (χ4v) is 3.49. The SMILES string of the molecule is CC1(C)COc2nc3c(NCCc4cccc(O)c4)nc(I)nc3n21. The summed E-state index contributed by atoms with van der Waals surface area (Å²) in [5.74, 6) is 0.984. The molecule has 0 unspecified atom stereocenters. The number of halogens is 1. The fraction of sp³-hybridized carbons (Fsp3) is 0.353. The van der Waals surface area contributed by atoms with Crippen LogP contribution in [0, 0.1) is 3.83 Å². The average Bonchev–Trinajstić information content (AvgIpc) is 3.05. The minimum absolute atomic E-state index is 0.180. The summed E-state index contributed by atoms with van der Waals surface area (Å²) in [4.78, 5) is 13.6. The van der Waals surface area contributed by atoms with E-state index < -0.39 is 0 Å². The molecule has 8 heteroatoms. The van der Waals surface area contributed by atoms with Crippen LogP contribution >= 0.6 is 22.6 Å². The Morgan fingerprint density at radius 3 is 2.96 bits per heavy atom. The van der Waals surface area contributed by atoms with Crippen LogP contribution in [-0.4, -0.2) is 37.8 Å². The van der Waals surface area contributed by atoms with Gasteiger partial charge in [0.25, 0.3) is 6.01 Å². The van der Waals surface area contributed by atoms with Gasteiger partial charge in [0, 0.05) is 29.1 Å². The van der Waals surface area contributed by atoms with Gasteiger partial charge in [-0.15, -0.1) is 0 Å². The van der Waals surface area contributed by atoms with E-state index in [1.807, 2.05) is 16.7 Å². The van der Waals surface area contributed by atoms with Crippen LogP contribution in [0.5, 0.6) is 11.8 Å². The summed E-state index contributed by atoms with van der Waals surface area (Å²) in [6.45, 7) is 5.48. The number of nitrogens with one attached hydrogen (secondary N) is 1. The van der Waals surface area contributed by atoms with Crippen LogP contribution in [0.3, 0.4) is 0 Å². The molecule has 4 rings (SSSR count). The topological polar surface area (TPSA) is 85.1 Å². The Hall–Kier alpha value is -2.10. The first-order chi connectivity index (χ1) is 11.9. The van der Waals surface area contributed by atoms with E-state index in [4.69, 9.17) is 4.74 Å². The van der Waals surface area contributed by atoms with Crippen LogP contribution in [0.1, 0.15) is 19.4 Å².